The van der Waals surface area contributed by atoms with Crippen LogP contribution in [0.1, 0.15) is 125 Å². The average molecular weight is 1610 g/mol. The normalized spacial score (nSPS) is 12.3. The van der Waals surface area contributed by atoms with Crippen molar-refractivity contribution in [1.82, 2.24) is 58.1 Å². The molecule has 0 aliphatic rings. The minimum atomic E-state index is -4.64. The van der Waals surface area contributed by atoms with Crippen LogP contribution in [-0.4, -0.2) is 58.1 Å². The first-order valence-electron chi connectivity index (χ1n) is 38.5. The molecule has 26 heteroatoms. The van der Waals surface area contributed by atoms with Gasteiger partial charge in [0.05, 0.1) is 62.6 Å². The number of nitrogens with one attached hydrogen (secondary N) is 4. The van der Waals surface area contributed by atoms with E-state index in [-0.39, 0.29) is 46.3 Å². The van der Waals surface area contributed by atoms with Crippen molar-refractivity contribution in [1.29, 1.82) is 0 Å². The van der Waals surface area contributed by atoms with Crippen molar-refractivity contribution >= 4 is 89.6 Å². The molecule has 0 bridgehead atoms. The van der Waals surface area contributed by atoms with E-state index in [1.807, 2.05) is 283 Å². The van der Waals surface area contributed by atoms with Crippen LogP contribution in [0.2, 0.25) is 5.02 Å². The van der Waals surface area contributed by atoms with E-state index in [1.165, 1.54) is 0 Å². The summed E-state index contributed by atoms with van der Waals surface area (Å²) in [5, 5.41) is 19.7. The molecule has 0 saturated carbocycles. The Balaban J connectivity index is 0.000000137. The number of anilines is 6. The third-order valence-electron chi connectivity index (χ3n) is 20.4. The molecule has 8 aromatic heterocycles. The number of benzene rings is 8. The molecule has 1 unspecified atom stereocenters. The SMILES string of the molecule is Cc1cccc2cc([C@H](C)Nc3ncc(C(F)(F)F)c(N)n3)n(-c3ccccc3)c(=O)c12.Cc1ncc(C)c(N[C@@H](C)c2cc3cccc(C)c3c(=O)n2-c2ccccc2)n1.Cc1ncc(C)c(N[C@H](C)c2cc3cccc(Cl)c3c(=O)n2-c2ccccc2)n1.Cc1ncc(N)c(NC(C)c2cc3cccc(C)c3c(=O)n2-c2ccccc2)n1. The first-order chi connectivity index (χ1) is 57.0. The number of rotatable bonds is 16. The lowest BCUT2D eigenvalue weighted by molar-refractivity contribution is -0.137. The fourth-order valence-corrected chi connectivity index (χ4v) is 14.7. The van der Waals surface area contributed by atoms with Crippen molar-refractivity contribution in [3.8, 4) is 22.7 Å². The van der Waals surface area contributed by atoms with Crippen molar-refractivity contribution in [3.63, 3.8) is 0 Å². The molecule has 0 radical (unpaired) electrons. The van der Waals surface area contributed by atoms with Crippen LogP contribution in [0.4, 0.5) is 48.1 Å². The third kappa shape index (κ3) is 18.1. The van der Waals surface area contributed by atoms with Crippen molar-refractivity contribution in [2.75, 3.05) is 32.7 Å². The van der Waals surface area contributed by atoms with Crippen LogP contribution in [0.5, 0.6) is 0 Å². The molecule has 0 fully saturated rings. The number of hydrogen-bond acceptors (Lipinski definition) is 18. The van der Waals surface area contributed by atoms with E-state index in [1.54, 1.807) is 43.7 Å². The zero-order valence-corrected chi connectivity index (χ0v) is 68.3. The maximum Gasteiger partial charge on any atom is 0.421 e. The molecule has 0 saturated heterocycles. The van der Waals surface area contributed by atoms with Crippen LogP contribution >= 0.6 is 11.6 Å². The van der Waals surface area contributed by atoms with Crippen LogP contribution in [0.25, 0.3) is 65.8 Å². The summed E-state index contributed by atoms with van der Waals surface area (Å²) in [5.74, 6) is 3.38. The van der Waals surface area contributed by atoms with Gasteiger partial charge in [-0.25, -0.2) is 34.9 Å². The largest absolute Gasteiger partial charge is 0.421 e. The average Bonchev–Trinajstić information content (AvgIpc) is 0.773. The number of nitrogens with two attached hydrogens (primary N) is 2. The van der Waals surface area contributed by atoms with Gasteiger partial charge in [0.15, 0.2) is 5.82 Å². The summed E-state index contributed by atoms with van der Waals surface area (Å²) in [4.78, 5) is 87.6. The van der Waals surface area contributed by atoms with Gasteiger partial charge in [0.25, 0.3) is 22.2 Å². The van der Waals surface area contributed by atoms with Gasteiger partial charge < -0.3 is 32.7 Å². The van der Waals surface area contributed by atoms with Gasteiger partial charge in [-0.3, -0.25) is 37.4 Å². The van der Waals surface area contributed by atoms with Crippen LogP contribution in [0.3, 0.4) is 0 Å². The Bertz CT molecular complexity index is 6240. The third-order valence-corrected chi connectivity index (χ3v) is 20.7. The highest BCUT2D eigenvalue weighted by molar-refractivity contribution is 6.35. The highest BCUT2D eigenvalue weighted by Crippen LogP contribution is 2.35. The van der Waals surface area contributed by atoms with Crippen LogP contribution in [0, 0.1) is 55.4 Å². The number of halogens is 4. The molecule has 8 N–H and O–H groups in total. The maximum absolute atomic E-state index is 13.6. The number of pyridine rings is 4. The van der Waals surface area contributed by atoms with E-state index in [0.717, 1.165) is 106 Å². The number of fused-ring (bicyclic) bond motifs is 4. The Morgan fingerprint density at radius 1 is 0.345 bits per heavy atom. The summed E-state index contributed by atoms with van der Waals surface area (Å²) < 4.78 is 45.7. The molecule has 22 nitrogen and oxygen atoms in total. The Morgan fingerprint density at radius 3 is 0.992 bits per heavy atom. The van der Waals surface area contributed by atoms with E-state index < -0.39 is 23.6 Å². The van der Waals surface area contributed by atoms with Crippen molar-refractivity contribution in [2.45, 2.75) is 113 Å². The van der Waals surface area contributed by atoms with E-state index in [9.17, 15) is 32.3 Å². The summed E-state index contributed by atoms with van der Waals surface area (Å²) in [6.07, 6.45) is 1.20. The number of alkyl halides is 3. The van der Waals surface area contributed by atoms with Gasteiger partial charge in [0.1, 0.15) is 40.5 Å². The predicted molar refractivity (Wildman–Crippen MR) is 471 cm³/mol. The molecule has 8 heterocycles. The van der Waals surface area contributed by atoms with Crippen LogP contribution in [0.15, 0.2) is 262 Å². The number of nitrogen functional groups attached to an aromatic ring is 2. The minimum Gasteiger partial charge on any atom is -0.394 e. The second-order valence-electron chi connectivity index (χ2n) is 29.1. The Labute approximate surface area is 689 Å². The Morgan fingerprint density at radius 2 is 0.647 bits per heavy atom. The number of nitrogens with zero attached hydrogens (tertiary/aromatic N) is 12. The Kier molecular flexibility index (Phi) is 24.7. The van der Waals surface area contributed by atoms with Crippen molar-refractivity contribution < 1.29 is 13.2 Å². The van der Waals surface area contributed by atoms with E-state index in [4.69, 9.17) is 23.1 Å². The van der Waals surface area contributed by atoms with Crippen molar-refractivity contribution in [3.05, 3.63) is 363 Å². The van der Waals surface area contributed by atoms with Gasteiger partial charge in [0.2, 0.25) is 5.95 Å². The second kappa shape index (κ2) is 35.5. The zero-order valence-electron chi connectivity index (χ0n) is 67.6. The number of hydrogen-bond donors (Lipinski definition) is 6. The summed E-state index contributed by atoms with van der Waals surface area (Å²) in [6, 6.07) is 68.1. The molecule has 4 atom stereocenters. The summed E-state index contributed by atoms with van der Waals surface area (Å²) in [6.45, 7) is 23.1. The van der Waals surface area contributed by atoms with Gasteiger partial charge in [-0.2, -0.15) is 18.2 Å². The summed E-state index contributed by atoms with van der Waals surface area (Å²) in [5.41, 5.74) is 21.5. The maximum atomic E-state index is 13.6. The number of para-hydroxylation sites is 4. The molecule has 0 spiro atoms. The molecule has 119 heavy (non-hydrogen) atoms. The lowest BCUT2D eigenvalue weighted by Crippen LogP contribution is -2.26. The Hall–Kier alpha value is -14.2. The molecule has 16 aromatic rings. The van der Waals surface area contributed by atoms with Crippen LogP contribution in [-0.2, 0) is 6.18 Å². The molecule has 0 aliphatic heterocycles. The number of aryl methyl sites for hydroxylation is 8. The summed E-state index contributed by atoms with van der Waals surface area (Å²) >= 11 is 6.38. The van der Waals surface area contributed by atoms with E-state index >= 15 is 0 Å². The van der Waals surface area contributed by atoms with Gasteiger partial charge in [0, 0.05) is 75.2 Å². The fraction of sp³-hybridized carbons (Fsp3) is 0.183. The smallest absolute Gasteiger partial charge is 0.394 e. The zero-order chi connectivity index (χ0) is 84.7. The molecule has 0 aliphatic carbocycles. The minimum absolute atomic E-state index is 0.00830. The van der Waals surface area contributed by atoms with Crippen molar-refractivity contribution in [2.24, 2.45) is 0 Å². The molecular weight excluding hydrogens is 1530 g/mol. The van der Waals surface area contributed by atoms with E-state index in [0.29, 0.717) is 62.4 Å². The quantitative estimate of drug-likeness (QED) is 0.0524. The van der Waals surface area contributed by atoms with Gasteiger partial charge >= 0.3 is 6.18 Å². The standard InChI is InChI=1S/C24H24N4O.C23H21ClN4O.C23H20F3N5O.C23H23N5O/c1-15-9-8-10-19-13-21(17(3)26-23-16(2)14-25-18(4)27-23)28(24(29)22(15)19)20-11-6-5-7-12-20;1-14-13-25-16(3)27-22(14)26-15(2)20-12-17-8-7-11-19(24)21(17)23(29)28(20)18-9-5-4-6-10-18;1-13-7-6-8-15-11-18(31(21(32)19(13)15)16-9-4-3-5-10-16)14(2)29-22-28-12-17(20(27)30-22)23(24,25)26;1-14-8-7-9-17-12-20(15(2)26-22-19(24)13-25-16(3)27-22)28(23(29)21(14)17)18-10-5-4-6-11-18/h5-14,17H,1-4H3,(H,25,26,27);4-13,15H,1-3H3,(H,25,26,27);3-12,14H,1-2H3,(H3,27,28,29,30);4-13,15H,24H2,1-3H3,(H,25,26,27)/t17-;15-;14-;/m010./s1. The predicted octanol–water partition coefficient (Wildman–Crippen LogP) is 19.1. The lowest BCUT2D eigenvalue weighted by atomic mass is 10.0. The molecule has 8 aromatic carbocycles. The molecular formula is C93H88ClF3N18O4. The highest BCUT2D eigenvalue weighted by atomic mass is 35.5. The monoisotopic (exact) mass is 1610 g/mol. The fourth-order valence-electron chi connectivity index (χ4n) is 14.4. The molecule has 602 valence electrons. The van der Waals surface area contributed by atoms with Gasteiger partial charge in [-0.1, -0.05) is 151 Å². The lowest BCUT2D eigenvalue weighted by Gasteiger charge is -2.22. The number of aromatic nitrogens is 12. The van der Waals surface area contributed by atoms with Gasteiger partial charge in [-0.15, -0.1) is 0 Å². The summed E-state index contributed by atoms with van der Waals surface area (Å²) in [7, 11) is 0. The highest BCUT2D eigenvalue weighted by Gasteiger charge is 2.35. The first kappa shape index (κ1) is 82.8. The first-order valence-corrected chi connectivity index (χ1v) is 38.9. The topological polar surface area (TPSA) is 291 Å². The molecule has 0 amide bonds. The molecule has 16 rings (SSSR count). The van der Waals surface area contributed by atoms with Gasteiger partial charge in [-0.05, 0) is 200 Å². The van der Waals surface area contributed by atoms with Crippen LogP contribution < -0.4 is 55.0 Å². The van der Waals surface area contributed by atoms with E-state index in [2.05, 4.69) is 73.3 Å². The second-order valence-corrected chi connectivity index (χ2v) is 29.5.